The fourth-order valence-corrected chi connectivity index (χ4v) is 3.69. The van der Waals surface area contributed by atoms with E-state index in [1.807, 2.05) is 12.2 Å². The number of fused-ring (bicyclic) bond motifs is 1. The molecule has 15 heavy (non-hydrogen) atoms. The summed E-state index contributed by atoms with van der Waals surface area (Å²) in [7, 11) is 1.32. The molecular formula is C9H12ClNO3S. The number of nitrogens with zero attached hydrogens (tertiary/aromatic N) is 1. The smallest absolute Gasteiger partial charge is 0.273 e. The van der Waals surface area contributed by atoms with E-state index >= 15 is 0 Å². The molecule has 0 spiro atoms. The molecule has 1 aliphatic heterocycles. The highest BCUT2D eigenvalue weighted by atomic mass is 35.7. The van der Waals surface area contributed by atoms with Crippen molar-refractivity contribution in [3.8, 4) is 0 Å². The van der Waals surface area contributed by atoms with Crippen molar-refractivity contribution in [2.24, 2.45) is 5.92 Å². The number of β-lactam (4-membered cyclic amide) rings is 1. The lowest BCUT2D eigenvalue weighted by Crippen LogP contribution is -2.61. The largest absolute Gasteiger partial charge is 0.324 e. The van der Waals surface area contributed by atoms with Crippen molar-refractivity contribution in [2.75, 3.05) is 0 Å². The molecule has 6 heteroatoms. The number of halogens is 1. The highest BCUT2D eigenvalue weighted by molar-refractivity contribution is 8.12. The first-order valence-corrected chi connectivity index (χ1v) is 7.21. The zero-order chi connectivity index (χ0) is 11.1. The standard InChI is InChI=1S/C9H12ClNO3S/c10-15(13,14)11-8-6-4-2-1-3-5-7(8)9(11)12/h1-2,7-8H,3-6H2. The van der Waals surface area contributed by atoms with Crippen molar-refractivity contribution in [1.82, 2.24) is 4.31 Å². The van der Waals surface area contributed by atoms with E-state index in [1.165, 1.54) is 0 Å². The number of rotatable bonds is 1. The van der Waals surface area contributed by atoms with Gasteiger partial charge in [-0.25, -0.2) is 4.31 Å². The summed E-state index contributed by atoms with van der Waals surface area (Å²) >= 11 is 0. The van der Waals surface area contributed by atoms with Crippen LogP contribution in [-0.4, -0.2) is 24.7 Å². The lowest BCUT2D eigenvalue weighted by molar-refractivity contribution is -0.146. The maximum atomic E-state index is 11.5. The van der Waals surface area contributed by atoms with Crippen molar-refractivity contribution in [3.63, 3.8) is 0 Å². The Hall–Kier alpha value is -0.550. The Balaban J connectivity index is 2.19. The van der Waals surface area contributed by atoms with Gasteiger partial charge in [-0.3, -0.25) is 4.79 Å². The van der Waals surface area contributed by atoms with Gasteiger partial charge in [-0.15, -0.1) is 0 Å². The summed E-state index contributed by atoms with van der Waals surface area (Å²) in [5.41, 5.74) is 0. The molecule has 4 nitrogen and oxygen atoms in total. The Morgan fingerprint density at radius 3 is 2.47 bits per heavy atom. The van der Waals surface area contributed by atoms with Crippen LogP contribution in [0.5, 0.6) is 0 Å². The number of allylic oxidation sites excluding steroid dienone is 2. The van der Waals surface area contributed by atoms with Gasteiger partial charge in [0.2, 0.25) is 5.91 Å². The first-order valence-electron chi connectivity index (χ1n) is 4.94. The fraction of sp³-hybridized carbons (Fsp3) is 0.667. The van der Waals surface area contributed by atoms with Gasteiger partial charge >= 0.3 is 9.24 Å². The number of hydrogen-bond donors (Lipinski definition) is 0. The molecule has 0 radical (unpaired) electrons. The Morgan fingerprint density at radius 1 is 1.27 bits per heavy atom. The molecule has 0 N–H and O–H groups in total. The summed E-state index contributed by atoms with van der Waals surface area (Å²) in [5.74, 6) is -0.492. The van der Waals surface area contributed by atoms with E-state index in [0.717, 1.165) is 23.6 Å². The second kappa shape index (κ2) is 3.79. The summed E-state index contributed by atoms with van der Waals surface area (Å²) < 4.78 is 23.1. The first kappa shape index (κ1) is 11.0. The van der Waals surface area contributed by atoms with Gasteiger partial charge in [0.05, 0.1) is 12.0 Å². The third kappa shape index (κ3) is 1.90. The van der Waals surface area contributed by atoms with Crippen LogP contribution in [0.1, 0.15) is 25.7 Å². The van der Waals surface area contributed by atoms with Crippen LogP contribution in [0.4, 0.5) is 0 Å². The Morgan fingerprint density at radius 2 is 1.87 bits per heavy atom. The van der Waals surface area contributed by atoms with Gasteiger partial charge in [-0.05, 0) is 25.7 Å². The van der Waals surface area contributed by atoms with Gasteiger partial charge in [0.25, 0.3) is 0 Å². The van der Waals surface area contributed by atoms with Crippen LogP contribution >= 0.6 is 10.7 Å². The summed E-state index contributed by atoms with van der Waals surface area (Å²) in [6.07, 6.45) is 7.11. The van der Waals surface area contributed by atoms with E-state index in [0.29, 0.717) is 6.42 Å². The normalized spacial score (nSPS) is 31.5. The van der Waals surface area contributed by atoms with E-state index in [4.69, 9.17) is 10.7 Å². The van der Waals surface area contributed by atoms with Crippen LogP contribution in [0, 0.1) is 5.92 Å². The minimum absolute atomic E-state index is 0.150. The van der Waals surface area contributed by atoms with E-state index in [1.54, 1.807) is 0 Å². The molecule has 2 aliphatic rings. The highest BCUT2D eigenvalue weighted by Crippen LogP contribution is 2.38. The zero-order valence-corrected chi connectivity index (χ0v) is 9.67. The third-order valence-electron chi connectivity index (χ3n) is 2.98. The number of hydrogen-bond acceptors (Lipinski definition) is 3. The van der Waals surface area contributed by atoms with E-state index < -0.39 is 9.24 Å². The molecule has 84 valence electrons. The van der Waals surface area contributed by atoms with Crippen LogP contribution in [0.2, 0.25) is 0 Å². The molecule has 1 heterocycles. The summed E-state index contributed by atoms with van der Waals surface area (Å²) in [5, 5.41) is 0. The van der Waals surface area contributed by atoms with E-state index in [2.05, 4.69) is 0 Å². The third-order valence-corrected chi connectivity index (χ3v) is 4.34. The highest BCUT2D eigenvalue weighted by Gasteiger charge is 2.51. The molecule has 0 saturated carbocycles. The quantitative estimate of drug-likeness (QED) is 0.401. The summed E-state index contributed by atoms with van der Waals surface area (Å²) in [6.45, 7) is 0. The summed E-state index contributed by atoms with van der Waals surface area (Å²) in [6, 6.07) is -0.218. The van der Waals surface area contributed by atoms with Gasteiger partial charge < -0.3 is 0 Å². The van der Waals surface area contributed by atoms with Crippen molar-refractivity contribution in [2.45, 2.75) is 31.7 Å². The molecule has 2 rings (SSSR count). The van der Waals surface area contributed by atoms with E-state index in [9.17, 15) is 13.2 Å². The molecule has 0 aromatic heterocycles. The molecule has 0 aromatic carbocycles. The predicted octanol–water partition coefficient (Wildman–Crippen LogP) is 1.43. The summed E-state index contributed by atoms with van der Waals surface area (Å²) in [4.78, 5) is 11.5. The fourth-order valence-electron chi connectivity index (χ4n) is 2.25. The molecule has 1 amide bonds. The topological polar surface area (TPSA) is 54.5 Å². The average Bonchev–Trinajstić information content (AvgIpc) is 2.07. The zero-order valence-electron chi connectivity index (χ0n) is 8.10. The molecule has 0 bridgehead atoms. The molecule has 0 aromatic rings. The monoisotopic (exact) mass is 249 g/mol. The average molecular weight is 250 g/mol. The van der Waals surface area contributed by atoms with Crippen LogP contribution < -0.4 is 0 Å². The second-order valence-electron chi connectivity index (χ2n) is 3.88. The van der Waals surface area contributed by atoms with Crippen molar-refractivity contribution in [1.29, 1.82) is 0 Å². The van der Waals surface area contributed by atoms with Crippen molar-refractivity contribution >= 4 is 25.8 Å². The molecular weight excluding hydrogens is 238 g/mol. The lowest BCUT2D eigenvalue weighted by Gasteiger charge is -2.45. The second-order valence-corrected chi connectivity index (χ2v) is 6.26. The molecule has 1 aliphatic carbocycles. The van der Waals surface area contributed by atoms with Crippen molar-refractivity contribution in [3.05, 3.63) is 12.2 Å². The minimum atomic E-state index is -3.88. The Labute approximate surface area is 93.4 Å². The predicted molar refractivity (Wildman–Crippen MR) is 56.5 cm³/mol. The van der Waals surface area contributed by atoms with Gasteiger partial charge in [-0.2, -0.15) is 8.42 Å². The molecule has 1 fully saturated rings. The first-order chi connectivity index (χ1) is 7.02. The van der Waals surface area contributed by atoms with Gasteiger partial charge in [0.15, 0.2) is 0 Å². The van der Waals surface area contributed by atoms with Gasteiger partial charge in [-0.1, -0.05) is 12.2 Å². The minimum Gasteiger partial charge on any atom is -0.273 e. The van der Waals surface area contributed by atoms with Crippen LogP contribution in [0.15, 0.2) is 12.2 Å². The van der Waals surface area contributed by atoms with Gasteiger partial charge in [0.1, 0.15) is 0 Å². The van der Waals surface area contributed by atoms with Crippen LogP contribution in [-0.2, 0) is 14.0 Å². The molecule has 2 atom stereocenters. The van der Waals surface area contributed by atoms with Crippen LogP contribution in [0.3, 0.4) is 0 Å². The lowest BCUT2D eigenvalue weighted by atomic mass is 9.82. The number of amides is 1. The van der Waals surface area contributed by atoms with E-state index in [-0.39, 0.29) is 17.9 Å². The maximum Gasteiger partial charge on any atom is 0.324 e. The number of carbonyl (C=O) groups is 1. The number of carbonyl (C=O) groups excluding carboxylic acids is 1. The molecule has 2 unspecified atom stereocenters. The SMILES string of the molecule is O=C1C2CCC=CCCC2N1S(=O)(=O)Cl. The maximum absolute atomic E-state index is 11.5. The Kier molecular flexibility index (Phi) is 2.77. The van der Waals surface area contributed by atoms with Crippen LogP contribution in [0.25, 0.3) is 0 Å². The van der Waals surface area contributed by atoms with Crippen molar-refractivity contribution < 1.29 is 13.2 Å². The molecule has 1 saturated heterocycles. The Bertz CT molecular complexity index is 404. The van der Waals surface area contributed by atoms with Gasteiger partial charge in [0, 0.05) is 10.7 Å².